The van der Waals surface area contributed by atoms with Gasteiger partial charge < -0.3 is 14.3 Å². The molecule has 2 rings (SSSR count). The Morgan fingerprint density at radius 2 is 2.00 bits per heavy atom. The van der Waals surface area contributed by atoms with Crippen molar-refractivity contribution >= 4 is 25.3 Å². The first kappa shape index (κ1) is 20.2. The molecule has 0 amide bonds. The van der Waals surface area contributed by atoms with Crippen LogP contribution in [0.5, 0.6) is 0 Å². The van der Waals surface area contributed by atoms with Crippen LogP contribution in [0.15, 0.2) is 48.0 Å². The maximum atomic E-state index is 10.3. The quantitative estimate of drug-likeness (QED) is 0.581. The van der Waals surface area contributed by atoms with Gasteiger partial charge in [-0.15, -0.1) is 6.58 Å². The summed E-state index contributed by atoms with van der Waals surface area (Å²) in [5.41, 5.74) is 1.19. The third-order valence-corrected chi connectivity index (χ3v) is 10.2. The molecule has 0 saturated carbocycles. The first-order valence-corrected chi connectivity index (χ1v) is 12.4. The highest BCUT2D eigenvalue weighted by Crippen LogP contribution is 2.38. The first-order valence-electron chi connectivity index (χ1n) is 8.53. The van der Waals surface area contributed by atoms with E-state index in [1.165, 1.54) is 17.3 Å². The third-order valence-electron chi connectivity index (χ3n) is 4.77. The summed E-state index contributed by atoms with van der Waals surface area (Å²) >= 11 is 1.49. The van der Waals surface area contributed by atoms with Crippen LogP contribution in [-0.4, -0.2) is 37.1 Å². The van der Waals surface area contributed by atoms with Gasteiger partial charge in [0.1, 0.15) is 6.10 Å². The first-order chi connectivity index (χ1) is 11.6. The molecule has 1 N–H and O–H groups in total. The van der Waals surface area contributed by atoms with Crippen molar-refractivity contribution in [1.29, 1.82) is 0 Å². The maximum absolute atomic E-state index is 10.3. The van der Waals surface area contributed by atoms with E-state index in [-0.39, 0.29) is 11.1 Å². The average Bonchev–Trinajstić information content (AvgIpc) is 2.91. The molecular formula is C19H29NO3SSi. The van der Waals surface area contributed by atoms with Crippen LogP contribution >= 0.6 is 11.8 Å². The minimum atomic E-state index is -2.00. The topological polar surface area (TPSA) is 51.0 Å². The average molecular weight is 380 g/mol. The molecule has 0 radical (unpaired) electrons. The Morgan fingerprint density at radius 3 is 2.56 bits per heavy atom. The highest BCUT2D eigenvalue weighted by molar-refractivity contribution is 8.12. The number of benzene rings is 1. The Morgan fingerprint density at radius 1 is 1.36 bits per heavy atom. The molecule has 1 aromatic rings. The molecule has 0 spiro atoms. The third kappa shape index (κ3) is 5.20. The lowest BCUT2D eigenvalue weighted by atomic mass is 10.2. The lowest BCUT2D eigenvalue weighted by Crippen LogP contribution is -2.48. The molecule has 1 aliphatic heterocycles. The zero-order chi connectivity index (χ0) is 18.7. The number of hydrogen-bond acceptors (Lipinski definition) is 5. The van der Waals surface area contributed by atoms with Crippen molar-refractivity contribution in [3.8, 4) is 0 Å². The largest absolute Gasteiger partial charge is 0.462 e. The molecule has 138 valence electrons. The predicted molar refractivity (Wildman–Crippen MR) is 108 cm³/mol. The van der Waals surface area contributed by atoms with E-state index in [1.54, 1.807) is 6.08 Å². The van der Waals surface area contributed by atoms with Crippen molar-refractivity contribution in [2.75, 3.05) is 0 Å². The molecule has 1 aliphatic rings. The number of thioether (sulfide) groups is 1. The molecule has 1 aromatic carbocycles. The van der Waals surface area contributed by atoms with Crippen LogP contribution in [-0.2, 0) is 14.9 Å². The monoisotopic (exact) mass is 379 g/mol. The van der Waals surface area contributed by atoms with Crippen LogP contribution in [0.1, 0.15) is 26.3 Å². The highest BCUT2D eigenvalue weighted by atomic mass is 32.2. The van der Waals surface area contributed by atoms with Gasteiger partial charge >= 0.3 is 0 Å². The fourth-order valence-corrected chi connectivity index (χ4v) is 4.29. The van der Waals surface area contributed by atoms with Gasteiger partial charge in [0.2, 0.25) is 5.23 Å². The van der Waals surface area contributed by atoms with Gasteiger partial charge in [0.05, 0.1) is 0 Å². The van der Waals surface area contributed by atoms with E-state index < -0.39 is 20.6 Å². The van der Waals surface area contributed by atoms with Gasteiger partial charge in [-0.25, -0.2) is 4.99 Å². The minimum Gasteiger partial charge on any atom is -0.462 e. The molecular weight excluding hydrogens is 350 g/mol. The lowest BCUT2D eigenvalue weighted by molar-refractivity contribution is 0.000126. The van der Waals surface area contributed by atoms with E-state index in [0.717, 1.165) is 5.75 Å². The fourth-order valence-electron chi connectivity index (χ4n) is 2.18. The number of aliphatic hydroxyl groups is 1. The van der Waals surface area contributed by atoms with Gasteiger partial charge in [-0.3, -0.25) is 0 Å². The van der Waals surface area contributed by atoms with Crippen molar-refractivity contribution in [1.82, 2.24) is 0 Å². The van der Waals surface area contributed by atoms with Crippen LogP contribution in [0.2, 0.25) is 18.1 Å². The van der Waals surface area contributed by atoms with Crippen LogP contribution in [0.25, 0.3) is 0 Å². The number of hydrogen-bond donors (Lipinski definition) is 1. The molecule has 0 aliphatic carbocycles. The molecule has 0 fully saturated rings. The van der Waals surface area contributed by atoms with E-state index in [9.17, 15) is 5.11 Å². The Hall–Kier alpha value is -1.08. The van der Waals surface area contributed by atoms with Crippen molar-refractivity contribution in [2.24, 2.45) is 4.99 Å². The summed E-state index contributed by atoms with van der Waals surface area (Å²) in [6, 6.07) is 10.1. The van der Waals surface area contributed by atoms with E-state index in [2.05, 4.69) is 57.6 Å². The molecule has 0 saturated heterocycles. The van der Waals surface area contributed by atoms with Crippen LogP contribution in [0.3, 0.4) is 0 Å². The normalized spacial score (nSPS) is 22.2. The molecule has 3 unspecified atom stereocenters. The standard InChI is InChI=1S/C19H29NO3SSi/c1-7-15(23-25(5,6)19(2,3)4)16-17(21)20-18(22-16)24-13-14-11-9-8-10-12-14/h7-12,15-17,21H,1,13H2,2-6H3. The van der Waals surface area contributed by atoms with Gasteiger partial charge in [0, 0.05) is 5.75 Å². The number of nitrogens with zero attached hydrogens (tertiary/aromatic N) is 1. The molecule has 6 heteroatoms. The minimum absolute atomic E-state index is 0.0730. The number of rotatable bonds is 6. The summed E-state index contributed by atoms with van der Waals surface area (Å²) in [6.07, 6.45) is -0.125. The fraction of sp³-hybridized carbons (Fsp3) is 0.526. The van der Waals surface area contributed by atoms with E-state index in [0.29, 0.717) is 5.23 Å². The second-order valence-electron chi connectivity index (χ2n) is 7.74. The summed E-state index contributed by atoms with van der Waals surface area (Å²) in [5.74, 6) is 0.751. The summed E-state index contributed by atoms with van der Waals surface area (Å²) in [4.78, 5) is 4.25. The Labute approximate surface area is 156 Å². The summed E-state index contributed by atoms with van der Waals surface area (Å²) < 4.78 is 12.3. The second kappa shape index (κ2) is 8.08. The zero-order valence-corrected chi connectivity index (χ0v) is 17.5. The maximum Gasteiger partial charge on any atom is 0.249 e. The van der Waals surface area contributed by atoms with Gasteiger partial charge in [0.25, 0.3) is 0 Å². The summed E-state index contributed by atoms with van der Waals surface area (Å²) in [5, 5.41) is 10.9. The predicted octanol–water partition coefficient (Wildman–Crippen LogP) is 4.57. The number of ether oxygens (including phenoxy) is 1. The van der Waals surface area contributed by atoms with Gasteiger partial charge in [-0.1, -0.05) is 68.9 Å². The Bertz CT molecular complexity index is 613. The second-order valence-corrected chi connectivity index (χ2v) is 13.4. The van der Waals surface area contributed by atoms with Crippen molar-refractivity contribution < 1.29 is 14.3 Å². The highest BCUT2D eigenvalue weighted by Gasteiger charge is 2.43. The van der Waals surface area contributed by atoms with Gasteiger partial charge in [-0.2, -0.15) is 0 Å². The van der Waals surface area contributed by atoms with Crippen molar-refractivity contribution in [3.63, 3.8) is 0 Å². The molecule has 4 nitrogen and oxygen atoms in total. The van der Waals surface area contributed by atoms with Crippen LogP contribution in [0, 0.1) is 0 Å². The lowest BCUT2D eigenvalue weighted by Gasteiger charge is -2.39. The van der Waals surface area contributed by atoms with E-state index in [4.69, 9.17) is 9.16 Å². The molecule has 0 aromatic heterocycles. The van der Waals surface area contributed by atoms with Crippen LogP contribution < -0.4 is 0 Å². The molecule has 0 bridgehead atoms. The SMILES string of the molecule is C=CC(O[Si](C)(C)C(C)(C)C)C1OC(SCc2ccccc2)=NC1O. The molecule has 25 heavy (non-hydrogen) atoms. The summed E-state index contributed by atoms with van der Waals surface area (Å²) in [6.45, 7) is 14.8. The molecule has 3 atom stereocenters. The number of aliphatic hydroxyl groups excluding tert-OH is 1. The Kier molecular flexibility index (Phi) is 6.54. The number of aliphatic imine (C=N–C) groups is 1. The smallest absolute Gasteiger partial charge is 0.249 e. The van der Waals surface area contributed by atoms with Crippen molar-refractivity contribution in [2.45, 2.75) is 63.1 Å². The van der Waals surface area contributed by atoms with Crippen molar-refractivity contribution in [3.05, 3.63) is 48.6 Å². The zero-order valence-electron chi connectivity index (χ0n) is 15.7. The Balaban J connectivity index is 1.97. The van der Waals surface area contributed by atoms with E-state index >= 15 is 0 Å². The van der Waals surface area contributed by atoms with Gasteiger partial charge in [0.15, 0.2) is 20.6 Å². The summed E-state index contributed by atoms with van der Waals surface area (Å²) in [7, 11) is -2.00. The van der Waals surface area contributed by atoms with E-state index in [1.807, 2.05) is 18.2 Å². The van der Waals surface area contributed by atoms with Gasteiger partial charge in [-0.05, 0) is 23.7 Å². The molecule has 1 heterocycles. The van der Waals surface area contributed by atoms with Crippen LogP contribution in [0.4, 0.5) is 0 Å².